The maximum atomic E-state index is 14.3. The molecular formula is C66H94O2. The first-order valence-electron chi connectivity index (χ1n) is 26.9. The van der Waals surface area contributed by atoms with E-state index in [1.54, 1.807) is 0 Å². The van der Waals surface area contributed by atoms with E-state index in [-0.39, 0.29) is 23.4 Å². The lowest BCUT2D eigenvalue weighted by molar-refractivity contribution is 0.0242. The summed E-state index contributed by atoms with van der Waals surface area (Å²) in [6, 6.07) is 7.51. The molecule has 1 aromatic rings. The van der Waals surface area contributed by atoms with Crippen molar-refractivity contribution in [1.82, 2.24) is 0 Å². The highest BCUT2D eigenvalue weighted by atomic mass is 16.1. The number of carbonyl (C=O) groups excluding carboxylic acids is 2. The molecule has 0 aromatic heterocycles. The minimum absolute atomic E-state index is 0.132. The van der Waals surface area contributed by atoms with Crippen LogP contribution in [-0.4, -0.2) is 11.6 Å². The van der Waals surface area contributed by atoms with Gasteiger partial charge in [0, 0.05) is 11.1 Å². The maximum absolute atomic E-state index is 14.3. The number of fused-ring (bicyclic) bond motifs is 6. The largest absolute Gasteiger partial charge is 0.293 e. The van der Waals surface area contributed by atoms with Crippen molar-refractivity contribution in [3.05, 3.63) is 164 Å². The molecule has 1 saturated carbocycles. The Balaban J connectivity index is 1.06. The summed E-state index contributed by atoms with van der Waals surface area (Å²) >= 11 is 0. The van der Waals surface area contributed by atoms with Crippen molar-refractivity contribution in [1.29, 1.82) is 0 Å². The van der Waals surface area contributed by atoms with Crippen LogP contribution in [0.25, 0.3) is 0 Å². The normalized spacial score (nSPS) is 22.9. The number of allylic oxidation sites excluding steroid dienone is 22. The lowest BCUT2D eigenvalue weighted by atomic mass is 9.49. The van der Waals surface area contributed by atoms with Gasteiger partial charge in [0.15, 0.2) is 11.6 Å². The van der Waals surface area contributed by atoms with Gasteiger partial charge in [-0.2, -0.15) is 0 Å². The van der Waals surface area contributed by atoms with Gasteiger partial charge in [0.1, 0.15) is 0 Å². The fraction of sp³-hybridized carbons (Fsp3) is 0.545. The van der Waals surface area contributed by atoms with Gasteiger partial charge in [-0.3, -0.25) is 9.59 Å². The molecule has 0 amide bonds. The lowest BCUT2D eigenvalue weighted by Crippen LogP contribution is -2.56. The van der Waals surface area contributed by atoms with Gasteiger partial charge in [-0.05, 0) is 216 Å². The van der Waals surface area contributed by atoms with Crippen molar-refractivity contribution in [2.75, 3.05) is 0 Å². The monoisotopic (exact) mass is 919 g/mol. The average molecular weight is 919 g/mol. The van der Waals surface area contributed by atoms with Gasteiger partial charge in [-0.15, -0.1) is 0 Å². The number of rotatable bonds is 29. The second-order valence-corrected chi connectivity index (χ2v) is 22.0. The van der Waals surface area contributed by atoms with Crippen molar-refractivity contribution in [2.24, 2.45) is 22.7 Å². The fourth-order valence-electron chi connectivity index (χ4n) is 11.1. The average Bonchev–Trinajstić information content (AvgIpc) is 3.88. The summed E-state index contributed by atoms with van der Waals surface area (Å²) in [6.07, 6.45) is 50.5. The molecule has 3 aliphatic carbocycles. The maximum Gasteiger partial charge on any atom is 0.171 e. The number of benzene rings is 1. The number of hydrogen-bond donors (Lipinski definition) is 0. The van der Waals surface area contributed by atoms with Gasteiger partial charge < -0.3 is 0 Å². The number of hydrogen-bond acceptors (Lipinski definition) is 2. The van der Waals surface area contributed by atoms with Gasteiger partial charge >= 0.3 is 0 Å². The summed E-state index contributed by atoms with van der Waals surface area (Å²) in [5, 5.41) is 0. The number of ketones is 2. The first-order valence-corrected chi connectivity index (χ1v) is 26.9. The first kappa shape index (κ1) is 56.3. The molecule has 1 fully saturated rings. The predicted octanol–water partition coefficient (Wildman–Crippen LogP) is 20.2. The smallest absolute Gasteiger partial charge is 0.171 e. The molecule has 0 heterocycles. The standard InChI is InChI=1S/C66H94O2/c1-49(2)24-15-25-50(3)26-16-27-51(4)28-17-29-52(5)30-18-31-53(6)32-19-33-54(7)34-20-35-55(8)36-21-37-56(9)38-22-39-57(10)40-23-41-58(11)46-47-66-60-45-44-59(48-60)65(66,12)63(67)61-42-13-14-43-62(61)64(66)68/h13-14,24,26,28,30,32,34,36,38,40,42-46,59-60H,15-23,25,27,29,31,33,35,37,39,41,47-48H2,1-12H3/b50-26+,51-28+,52-30+,53-32+,54-34+,55-36+,56-38+,57-40+,58-46+/t59-,60+,65?,66?/m1/s1. The Morgan fingerprint density at radius 2 is 0.691 bits per heavy atom. The highest BCUT2D eigenvalue weighted by Crippen LogP contribution is 2.69. The predicted molar refractivity (Wildman–Crippen MR) is 297 cm³/mol. The Hall–Kier alpha value is -4.30. The topological polar surface area (TPSA) is 34.1 Å². The van der Waals surface area contributed by atoms with Crippen LogP contribution in [0.4, 0.5) is 0 Å². The third-order valence-corrected chi connectivity index (χ3v) is 15.8. The van der Waals surface area contributed by atoms with Gasteiger partial charge in [-0.1, -0.05) is 160 Å². The molecule has 2 nitrogen and oxygen atoms in total. The van der Waals surface area contributed by atoms with Crippen LogP contribution in [0.1, 0.15) is 232 Å². The molecular weight excluding hydrogens is 825 g/mol. The van der Waals surface area contributed by atoms with E-state index in [1.165, 1.54) is 75.0 Å². The van der Waals surface area contributed by atoms with Gasteiger partial charge in [0.05, 0.1) is 10.8 Å². The van der Waals surface area contributed by atoms with E-state index in [0.717, 1.165) is 103 Å². The van der Waals surface area contributed by atoms with Crippen LogP contribution in [0.15, 0.2) is 153 Å². The third kappa shape index (κ3) is 16.7. The molecule has 2 unspecified atom stereocenters. The third-order valence-electron chi connectivity index (χ3n) is 15.8. The van der Waals surface area contributed by atoms with Crippen molar-refractivity contribution in [3.63, 3.8) is 0 Å². The van der Waals surface area contributed by atoms with E-state index in [1.807, 2.05) is 24.3 Å². The summed E-state index contributed by atoms with van der Waals surface area (Å²) in [7, 11) is 0. The lowest BCUT2D eigenvalue weighted by Gasteiger charge is -2.50. The summed E-state index contributed by atoms with van der Waals surface area (Å²) in [4.78, 5) is 28.3. The molecule has 0 N–H and O–H groups in total. The second-order valence-electron chi connectivity index (χ2n) is 22.0. The summed E-state index contributed by atoms with van der Waals surface area (Å²) in [6.45, 7) is 27.0. The van der Waals surface area contributed by atoms with E-state index >= 15 is 0 Å². The van der Waals surface area contributed by atoms with Crippen LogP contribution < -0.4 is 0 Å². The van der Waals surface area contributed by atoms with E-state index in [9.17, 15) is 9.59 Å². The molecule has 0 saturated heterocycles. The van der Waals surface area contributed by atoms with E-state index in [4.69, 9.17) is 0 Å². The Morgan fingerprint density at radius 3 is 1.01 bits per heavy atom. The molecule has 68 heavy (non-hydrogen) atoms. The van der Waals surface area contributed by atoms with Crippen LogP contribution >= 0.6 is 0 Å². The first-order chi connectivity index (χ1) is 32.5. The molecule has 3 aliphatic rings. The minimum atomic E-state index is -0.670. The Morgan fingerprint density at radius 1 is 0.412 bits per heavy atom. The second kappa shape index (κ2) is 28.4. The Labute approximate surface area is 417 Å². The fourth-order valence-corrected chi connectivity index (χ4v) is 11.1. The van der Waals surface area contributed by atoms with Crippen LogP contribution in [-0.2, 0) is 0 Å². The number of Topliss-reactive ketones (excluding diaryl/α,β-unsaturated/α-hetero) is 2. The van der Waals surface area contributed by atoms with Crippen LogP contribution in [0.5, 0.6) is 0 Å². The van der Waals surface area contributed by atoms with E-state index in [2.05, 4.69) is 156 Å². The zero-order valence-corrected chi connectivity index (χ0v) is 45.4. The molecule has 4 rings (SSSR count). The zero-order chi connectivity index (χ0) is 49.7. The molecule has 1 aromatic carbocycles. The van der Waals surface area contributed by atoms with E-state index in [0.29, 0.717) is 17.5 Å². The van der Waals surface area contributed by atoms with Crippen molar-refractivity contribution in [2.45, 2.75) is 212 Å². The quantitative estimate of drug-likeness (QED) is 0.0751. The summed E-state index contributed by atoms with van der Waals surface area (Å²) in [5.74, 6) is 0.611. The van der Waals surface area contributed by atoms with Crippen molar-refractivity contribution < 1.29 is 9.59 Å². The Bertz CT molecular complexity index is 2210. The molecule has 2 bridgehead atoms. The molecule has 4 atom stereocenters. The Kier molecular flexibility index (Phi) is 23.5. The van der Waals surface area contributed by atoms with Crippen LogP contribution in [0.2, 0.25) is 0 Å². The van der Waals surface area contributed by atoms with Gasteiger partial charge in [0.2, 0.25) is 0 Å². The van der Waals surface area contributed by atoms with Crippen molar-refractivity contribution >= 4 is 11.6 Å². The van der Waals surface area contributed by atoms with Crippen LogP contribution in [0, 0.1) is 22.7 Å². The molecule has 2 heteroatoms. The van der Waals surface area contributed by atoms with E-state index < -0.39 is 10.8 Å². The van der Waals surface area contributed by atoms with Gasteiger partial charge in [0.25, 0.3) is 0 Å². The highest BCUT2D eigenvalue weighted by molar-refractivity contribution is 6.20. The summed E-state index contributed by atoms with van der Waals surface area (Å²) in [5.41, 5.74) is 14.7. The van der Waals surface area contributed by atoms with Gasteiger partial charge in [-0.25, -0.2) is 0 Å². The number of carbonyl (C=O) groups is 2. The molecule has 0 radical (unpaired) electrons. The SMILES string of the molecule is CC(C)=CCC/C(C)=C/CC/C(C)=C/CC/C(C)=C/CC/C(C)=C/CC/C(C)=C/CC/C(C)=C/CC/C(C)=C/CC/C(C)=C/CC/C(C)=C/CC12C(=O)c3ccccc3C(=O)C1(C)[C@@H]1C=C[C@H]2C1. The van der Waals surface area contributed by atoms with Crippen molar-refractivity contribution in [3.8, 4) is 0 Å². The molecule has 0 spiro atoms. The minimum Gasteiger partial charge on any atom is -0.293 e. The van der Waals surface area contributed by atoms with Crippen LogP contribution in [0.3, 0.4) is 0 Å². The zero-order valence-electron chi connectivity index (χ0n) is 45.4. The highest BCUT2D eigenvalue weighted by Gasteiger charge is 2.71. The molecule has 0 aliphatic heterocycles. The molecule has 370 valence electrons. The summed E-state index contributed by atoms with van der Waals surface area (Å²) < 4.78 is 0.